The number of benzene rings is 3. The highest BCUT2D eigenvalue weighted by molar-refractivity contribution is 6.03. The second-order valence-corrected chi connectivity index (χ2v) is 14.2. The summed E-state index contributed by atoms with van der Waals surface area (Å²) in [7, 11) is -1.14. The molecule has 2 atom stereocenters. The highest BCUT2D eigenvalue weighted by Crippen LogP contribution is 2.55. The summed E-state index contributed by atoms with van der Waals surface area (Å²) in [5.41, 5.74) is 11.2. The fourth-order valence-corrected chi connectivity index (χ4v) is 7.81. The number of hydrogen-bond acceptors (Lipinski definition) is 9. The summed E-state index contributed by atoms with van der Waals surface area (Å²) >= 11 is 0. The zero-order valence-corrected chi connectivity index (χ0v) is 28.3. The molecule has 0 aromatic heterocycles. The van der Waals surface area contributed by atoms with Crippen molar-refractivity contribution in [3.05, 3.63) is 71.4 Å². The number of hydrogen-bond donors (Lipinski definition) is 3. The number of ether oxygens (including phenoxy) is 4. The van der Waals surface area contributed by atoms with Gasteiger partial charge in [0.1, 0.15) is 0 Å². The lowest BCUT2D eigenvalue weighted by atomic mass is 10.0. The van der Waals surface area contributed by atoms with Crippen molar-refractivity contribution >= 4 is 34.4 Å². The van der Waals surface area contributed by atoms with Gasteiger partial charge in [-0.2, -0.15) is 0 Å². The van der Waals surface area contributed by atoms with Crippen molar-refractivity contribution in [1.82, 2.24) is 9.80 Å². The number of unbranched alkanes of at least 4 members (excludes halogenated alkanes) is 2. The SMILES string of the molecule is [2H]C([2H])([2H])Oc1cc2c(cc1OCCCCCOc1cc3c(cc1OC)C(=O)N1C=C(c4ccc(N)cc4)C[C@H]1CN3)NC[C@@H]1CC3(CC3)CN1C2=O. The van der Waals surface area contributed by atoms with Crippen LogP contribution in [0.5, 0.6) is 23.0 Å². The third-order valence-electron chi connectivity index (χ3n) is 10.8. The molecular weight excluding hydrogens is 634 g/mol. The minimum Gasteiger partial charge on any atom is -0.493 e. The van der Waals surface area contributed by atoms with Gasteiger partial charge < -0.3 is 45.1 Å². The number of anilines is 3. The van der Waals surface area contributed by atoms with Crippen LogP contribution in [-0.2, 0) is 0 Å². The van der Waals surface area contributed by atoms with Gasteiger partial charge in [-0.15, -0.1) is 0 Å². The number of carbonyl (C=O) groups excluding carboxylic acids is 2. The zero-order chi connectivity index (χ0) is 36.9. The maximum Gasteiger partial charge on any atom is 0.260 e. The third kappa shape index (κ3) is 6.03. The molecule has 0 unspecified atom stereocenters. The number of nitrogens with one attached hydrogen (secondary N) is 2. The van der Waals surface area contributed by atoms with Crippen molar-refractivity contribution in [2.45, 2.75) is 57.0 Å². The average Bonchev–Trinajstić information content (AvgIpc) is 3.66. The Kier molecular flexibility index (Phi) is 7.47. The normalized spacial score (nSPS) is 22.3. The Labute approximate surface area is 296 Å². The Balaban J connectivity index is 0.864. The number of rotatable bonds is 11. The molecule has 8 rings (SSSR count). The molecule has 3 aromatic rings. The van der Waals surface area contributed by atoms with E-state index in [9.17, 15) is 9.59 Å². The van der Waals surface area contributed by atoms with Crippen LogP contribution >= 0.6 is 0 Å². The quantitative estimate of drug-likeness (QED) is 0.165. The average molecular weight is 683 g/mol. The molecule has 11 nitrogen and oxygen atoms in total. The van der Waals surface area contributed by atoms with Gasteiger partial charge >= 0.3 is 0 Å². The van der Waals surface area contributed by atoms with Crippen molar-refractivity contribution < 1.29 is 32.6 Å². The van der Waals surface area contributed by atoms with Crippen LogP contribution in [0, 0.1) is 5.41 Å². The molecule has 3 aromatic carbocycles. The summed E-state index contributed by atoms with van der Waals surface area (Å²) < 4.78 is 46.3. The summed E-state index contributed by atoms with van der Waals surface area (Å²) in [6, 6.07) is 14.6. The van der Waals surface area contributed by atoms with Gasteiger partial charge in [0.15, 0.2) is 23.0 Å². The molecule has 4 aliphatic heterocycles. The van der Waals surface area contributed by atoms with E-state index >= 15 is 0 Å². The molecule has 1 saturated carbocycles. The fourth-order valence-electron chi connectivity index (χ4n) is 7.81. The van der Waals surface area contributed by atoms with Crippen LogP contribution in [0.1, 0.15) is 75.3 Å². The summed E-state index contributed by atoms with van der Waals surface area (Å²) in [6.45, 7) is 2.72. The third-order valence-corrected chi connectivity index (χ3v) is 10.8. The number of fused-ring (bicyclic) bond motifs is 4. The van der Waals surface area contributed by atoms with Gasteiger partial charge in [-0.05, 0) is 85.8 Å². The second-order valence-electron chi connectivity index (χ2n) is 14.2. The van der Waals surface area contributed by atoms with Gasteiger partial charge in [0, 0.05) is 49.7 Å². The van der Waals surface area contributed by atoms with E-state index in [1.807, 2.05) is 41.4 Å². The van der Waals surface area contributed by atoms with E-state index in [-0.39, 0.29) is 40.8 Å². The Bertz CT molecular complexity index is 1950. The van der Waals surface area contributed by atoms with Crippen LogP contribution in [0.15, 0.2) is 54.7 Å². The van der Waals surface area contributed by atoms with Crippen molar-refractivity contribution in [1.29, 1.82) is 0 Å². The van der Waals surface area contributed by atoms with E-state index < -0.39 is 7.04 Å². The molecule has 11 heteroatoms. The molecular formula is C39H45N5O6. The summed E-state index contributed by atoms with van der Waals surface area (Å²) in [5, 5.41) is 6.87. The molecule has 0 bridgehead atoms. The number of nitrogens with zero attached hydrogens (tertiary/aromatic N) is 2. The van der Waals surface area contributed by atoms with Crippen molar-refractivity contribution in [3.63, 3.8) is 0 Å². The molecule has 5 aliphatic rings. The largest absolute Gasteiger partial charge is 0.493 e. The lowest BCUT2D eigenvalue weighted by molar-refractivity contribution is 0.0743. The first-order valence-electron chi connectivity index (χ1n) is 19.0. The summed E-state index contributed by atoms with van der Waals surface area (Å²) in [6.07, 6.45) is 8.15. The van der Waals surface area contributed by atoms with Crippen molar-refractivity contribution in [2.75, 3.05) is 63.4 Å². The molecule has 4 heterocycles. The molecule has 50 heavy (non-hydrogen) atoms. The van der Waals surface area contributed by atoms with E-state index in [4.69, 9.17) is 28.8 Å². The van der Waals surface area contributed by atoms with Gasteiger partial charge in [0.25, 0.3) is 11.8 Å². The molecule has 0 radical (unpaired) electrons. The van der Waals surface area contributed by atoms with E-state index in [2.05, 4.69) is 10.6 Å². The van der Waals surface area contributed by atoms with Crippen LogP contribution in [-0.4, -0.2) is 80.7 Å². The highest BCUT2D eigenvalue weighted by Gasteiger charge is 2.54. The highest BCUT2D eigenvalue weighted by atomic mass is 16.5. The second kappa shape index (κ2) is 13.0. The van der Waals surface area contributed by atoms with Crippen LogP contribution in [0.2, 0.25) is 0 Å². The maximum atomic E-state index is 13.7. The van der Waals surface area contributed by atoms with Gasteiger partial charge in [-0.3, -0.25) is 9.59 Å². The van der Waals surface area contributed by atoms with Crippen LogP contribution in [0.3, 0.4) is 0 Å². The first-order chi connectivity index (χ1) is 25.5. The minimum atomic E-state index is -2.70. The van der Waals surface area contributed by atoms with Crippen molar-refractivity contribution in [2.24, 2.45) is 5.41 Å². The number of nitrogen functional groups attached to an aromatic ring is 1. The maximum absolute atomic E-state index is 13.7. The first kappa shape index (κ1) is 28.7. The lowest BCUT2D eigenvalue weighted by Crippen LogP contribution is -2.37. The molecule has 2 fully saturated rings. The molecule has 4 N–H and O–H groups in total. The Morgan fingerprint density at radius 2 is 1.48 bits per heavy atom. The van der Waals surface area contributed by atoms with Crippen molar-refractivity contribution in [3.8, 4) is 23.0 Å². The smallest absolute Gasteiger partial charge is 0.260 e. The number of amides is 2. The van der Waals surface area contributed by atoms with E-state index in [1.165, 1.54) is 6.07 Å². The monoisotopic (exact) mass is 682 g/mol. The van der Waals surface area contributed by atoms with Gasteiger partial charge in [0.2, 0.25) is 0 Å². The van der Waals surface area contributed by atoms with Crippen LogP contribution in [0.4, 0.5) is 17.1 Å². The van der Waals surface area contributed by atoms with Gasteiger partial charge in [-0.25, -0.2) is 0 Å². The van der Waals surface area contributed by atoms with E-state index in [0.29, 0.717) is 72.4 Å². The molecule has 1 saturated heterocycles. The zero-order valence-electron chi connectivity index (χ0n) is 31.3. The molecule has 262 valence electrons. The summed E-state index contributed by atoms with van der Waals surface area (Å²) in [4.78, 5) is 31.0. The van der Waals surface area contributed by atoms with E-state index in [1.54, 1.807) is 24.1 Å². The Morgan fingerprint density at radius 3 is 2.12 bits per heavy atom. The van der Waals surface area contributed by atoms with Gasteiger partial charge in [-0.1, -0.05) is 12.1 Å². The number of methoxy groups -OCH3 is 2. The molecule has 2 amide bonds. The first-order valence-corrected chi connectivity index (χ1v) is 17.5. The topological polar surface area (TPSA) is 128 Å². The Hall–Kier alpha value is -5.06. The summed E-state index contributed by atoms with van der Waals surface area (Å²) in [5.74, 6) is 1.15. The predicted molar refractivity (Wildman–Crippen MR) is 192 cm³/mol. The molecule has 1 spiro atoms. The van der Waals surface area contributed by atoms with E-state index in [0.717, 1.165) is 56.2 Å². The molecule has 1 aliphatic carbocycles. The minimum absolute atomic E-state index is 0.0201. The predicted octanol–water partition coefficient (Wildman–Crippen LogP) is 6.02. The fraction of sp³-hybridized carbons (Fsp3) is 0.436. The number of carbonyl (C=O) groups is 2. The Morgan fingerprint density at radius 1 is 0.840 bits per heavy atom. The number of nitrogens with two attached hydrogens (primary N) is 1. The van der Waals surface area contributed by atoms with Gasteiger partial charge in [0.05, 0.1) is 60.0 Å². The van der Waals surface area contributed by atoms with Crippen LogP contribution < -0.4 is 35.3 Å². The lowest BCUT2D eigenvalue weighted by Gasteiger charge is -2.21. The van der Waals surface area contributed by atoms with Crippen LogP contribution in [0.25, 0.3) is 5.57 Å². The standard InChI is InChI=1S/C39H45N5O6/c1-47-33-15-29-31(41-20-27-14-25(22-43(27)37(29)45)24-6-8-26(40)9-7-24)17-35(33)49-12-4-3-5-13-50-36-18-32-30(16-34(36)48-2)38(46)44-23-39(10-11-39)19-28(44)21-42-32/h6-9,15-18,22,27-28,41-42H,3-5,10-14,19-21,23,40H2,1-2H3/t27-,28-/m0/s1/i2D3.